The molecule has 0 spiro atoms. The zero-order valence-corrected chi connectivity index (χ0v) is 16.4. The lowest BCUT2D eigenvalue weighted by Gasteiger charge is -2.28. The number of hydrogen-bond acceptors (Lipinski definition) is 4. The fourth-order valence-electron chi connectivity index (χ4n) is 2.70. The molecule has 5 heteroatoms. The summed E-state index contributed by atoms with van der Waals surface area (Å²) in [5, 5.41) is 0.402. The molecule has 0 N–H and O–H groups in total. The molecule has 0 aliphatic carbocycles. The highest BCUT2D eigenvalue weighted by molar-refractivity contribution is 5.87. The molecule has 1 unspecified atom stereocenters. The Labute approximate surface area is 149 Å². The average Bonchev–Trinajstić information content (AvgIpc) is 2.53. The van der Waals surface area contributed by atoms with E-state index in [1.165, 1.54) is 13.2 Å². The Kier molecular flexibility index (Phi) is 7.06. The molecule has 1 heterocycles. The number of rotatable bonds is 3. The summed E-state index contributed by atoms with van der Waals surface area (Å²) in [6, 6.07) is 4.75. The highest BCUT2D eigenvalue weighted by atomic mass is 19.1. The van der Waals surface area contributed by atoms with Crippen LogP contribution in [-0.2, 0) is 14.3 Å². The van der Waals surface area contributed by atoms with Crippen LogP contribution in [0.25, 0.3) is 10.9 Å². The van der Waals surface area contributed by atoms with Crippen molar-refractivity contribution in [1.29, 1.82) is 0 Å². The number of hydrogen-bond donors (Lipinski definition) is 0. The maximum atomic E-state index is 14.2. The number of esters is 1. The van der Waals surface area contributed by atoms with Gasteiger partial charge in [0.25, 0.3) is 0 Å². The summed E-state index contributed by atoms with van der Waals surface area (Å²) < 4.78 is 25.0. The summed E-state index contributed by atoms with van der Waals surface area (Å²) in [5.74, 6) is -0.892. The van der Waals surface area contributed by atoms with Crippen LogP contribution in [0.3, 0.4) is 0 Å². The summed E-state index contributed by atoms with van der Waals surface area (Å²) >= 11 is 0. The van der Waals surface area contributed by atoms with Crippen molar-refractivity contribution in [1.82, 2.24) is 4.98 Å². The Morgan fingerprint density at radius 2 is 1.80 bits per heavy atom. The predicted octanol–water partition coefficient (Wildman–Crippen LogP) is 5.05. The quantitative estimate of drug-likeness (QED) is 0.728. The SMILES string of the molecule is CC.COC(=O)C(OC(C)(C)C)c1c(C)nc2cccc(F)c2c1C. The van der Waals surface area contributed by atoms with Crippen LogP contribution in [0.5, 0.6) is 0 Å². The fourth-order valence-corrected chi connectivity index (χ4v) is 2.70. The van der Waals surface area contributed by atoms with Gasteiger partial charge in [-0.1, -0.05) is 19.9 Å². The van der Waals surface area contributed by atoms with Crippen molar-refractivity contribution in [2.75, 3.05) is 7.11 Å². The molecule has 0 saturated heterocycles. The van der Waals surface area contributed by atoms with Gasteiger partial charge in [-0.3, -0.25) is 4.98 Å². The predicted molar refractivity (Wildman–Crippen MR) is 98.1 cm³/mol. The Hall–Kier alpha value is -2.01. The average molecular weight is 349 g/mol. The molecule has 0 amide bonds. The van der Waals surface area contributed by atoms with Gasteiger partial charge in [-0.25, -0.2) is 9.18 Å². The molecular formula is C20H28FNO3. The third-order valence-corrected chi connectivity index (χ3v) is 3.60. The van der Waals surface area contributed by atoms with Crippen LogP contribution in [0.4, 0.5) is 4.39 Å². The molecule has 4 nitrogen and oxygen atoms in total. The molecule has 2 aromatic rings. The molecule has 25 heavy (non-hydrogen) atoms. The molecule has 0 aliphatic rings. The Morgan fingerprint density at radius 1 is 1.20 bits per heavy atom. The number of pyridine rings is 1. The minimum atomic E-state index is -0.948. The second-order valence-electron chi connectivity index (χ2n) is 6.50. The second kappa shape index (κ2) is 8.39. The van der Waals surface area contributed by atoms with E-state index in [-0.39, 0.29) is 5.82 Å². The van der Waals surface area contributed by atoms with Crippen molar-refractivity contribution in [2.24, 2.45) is 0 Å². The number of aromatic nitrogens is 1. The molecule has 1 aromatic carbocycles. The van der Waals surface area contributed by atoms with Gasteiger partial charge in [-0.05, 0) is 52.3 Å². The molecule has 1 aromatic heterocycles. The van der Waals surface area contributed by atoms with Gasteiger partial charge >= 0.3 is 5.97 Å². The fraction of sp³-hybridized carbons (Fsp3) is 0.500. The van der Waals surface area contributed by atoms with Crippen LogP contribution < -0.4 is 0 Å². The van der Waals surface area contributed by atoms with Crippen molar-refractivity contribution < 1.29 is 18.7 Å². The second-order valence-corrected chi connectivity index (χ2v) is 6.50. The third kappa shape index (κ3) is 4.75. The summed E-state index contributed by atoms with van der Waals surface area (Å²) in [7, 11) is 1.31. The standard InChI is InChI=1S/C18H22FNO3.C2H6/c1-10-14(16(17(21)22-6)23-18(3,4)5)11(2)20-13-9-7-8-12(19)15(10)13;1-2/h7-9,16H,1-6H3;1-2H3. The molecule has 0 aliphatic heterocycles. The van der Waals surface area contributed by atoms with Crippen molar-refractivity contribution >= 4 is 16.9 Å². The van der Waals surface area contributed by atoms with Crippen molar-refractivity contribution in [3.8, 4) is 0 Å². The summed E-state index contributed by atoms with van der Waals surface area (Å²) in [4.78, 5) is 16.7. The van der Waals surface area contributed by atoms with E-state index < -0.39 is 17.7 Å². The Bertz CT molecular complexity index is 751. The normalized spacial score (nSPS) is 12.4. The number of methoxy groups -OCH3 is 1. The number of halogens is 1. The number of nitrogens with zero attached hydrogens (tertiary/aromatic N) is 1. The van der Waals surface area contributed by atoms with Gasteiger partial charge in [-0.15, -0.1) is 0 Å². The van der Waals surface area contributed by atoms with Gasteiger partial charge in [0.2, 0.25) is 0 Å². The van der Waals surface area contributed by atoms with Crippen LogP contribution in [0, 0.1) is 19.7 Å². The molecule has 0 saturated carbocycles. The first-order chi connectivity index (χ1) is 11.7. The first-order valence-electron chi connectivity index (χ1n) is 8.46. The lowest BCUT2D eigenvalue weighted by atomic mass is 9.96. The van der Waals surface area contributed by atoms with Crippen LogP contribution in [-0.4, -0.2) is 23.7 Å². The minimum Gasteiger partial charge on any atom is -0.467 e. The lowest BCUT2D eigenvalue weighted by Crippen LogP contribution is -2.29. The molecule has 138 valence electrons. The van der Waals surface area contributed by atoms with Gasteiger partial charge in [-0.2, -0.15) is 0 Å². The first kappa shape index (κ1) is 21.0. The van der Waals surface area contributed by atoms with E-state index in [1.54, 1.807) is 26.0 Å². The number of fused-ring (bicyclic) bond motifs is 1. The van der Waals surface area contributed by atoms with E-state index in [0.717, 1.165) is 0 Å². The molecule has 0 fully saturated rings. The van der Waals surface area contributed by atoms with Crippen LogP contribution >= 0.6 is 0 Å². The molecule has 2 rings (SSSR count). The van der Waals surface area contributed by atoms with Crippen molar-refractivity contribution in [2.45, 2.75) is 60.2 Å². The zero-order valence-electron chi connectivity index (χ0n) is 16.4. The van der Waals surface area contributed by atoms with Crippen LogP contribution in [0.15, 0.2) is 18.2 Å². The molecule has 1 atom stereocenters. The maximum Gasteiger partial charge on any atom is 0.339 e. The lowest BCUT2D eigenvalue weighted by molar-refractivity contribution is -0.164. The number of benzene rings is 1. The van der Waals surface area contributed by atoms with Crippen molar-refractivity contribution in [3.05, 3.63) is 40.8 Å². The smallest absolute Gasteiger partial charge is 0.339 e. The number of ether oxygens (including phenoxy) is 2. The van der Waals surface area contributed by atoms with E-state index in [1.807, 2.05) is 34.6 Å². The molecule has 0 bridgehead atoms. The van der Waals surface area contributed by atoms with Gasteiger partial charge in [0.15, 0.2) is 6.10 Å². The summed E-state index contributed by atoms with van der Waals surface area (Å²) in [6.07, 6.45) is -0.948. The first-order valence-corrected chi connectivity index (χ1v) is 8.46. The minimum absolute atomic E-state index is 0.367. The van der Waals surface area contributed by atoms with E-state index in [2.05, 4.69) is 4.98 Å². The number of aryl methyl sites for hydroxylation is 2. The highest BCUT2D eigenvalue weighted by Crippen LogP contribution is 2.33. The van der Waals surface area contributed by atoms with Gasteiger partial charge in [0, 0.05) is 16.6 Å². The highest BCUT2D eigenvalue weighted by Gasteiger charge is 2.32. The monoisotopic (exact) mass is 349 g/mol. The van der Waals surface area contributed by atoms with E-state index in [0.29, 0.717) is 27.7 Å². The zero-order chi connectivity index (χ0) is 19.4. The Morgan fingerprint density at radius 3 is 2.32 bits per heavy atom. The van der Waals surface area contributed by atoms with Crippen LogP contribution in [0.2, 0.25) is 0 Å². The van der Waals surface area contributed by atoms with E-state index >= 15 is 0 Å². The third-order valence-electron chi connectivity index (χ3n) is 3.60. The van der Waals surface area contributed by atoms with Crippen LogP contribution in [0.1, 0.15) is 57.5 Å². The molecular weight excluding hydrogens is 321 g/mol. The largest absolute Gasteiger partial charge is 0.467 e. The molecule has 0 radical (unpaired) electrons. The van der Waals surface area contributed by atoms with Crippen molar-refractivity contribution in [3.63, 3.8) is 0 Å². The Balaban J connectivity index is 0.00000151. The van der Waals surface area contributed by atoms with E-state index in [9.17, 15) is 9.18 Å². The topological polar surface area (TPSA) is 48.4 Å². The van der Waals surface area contributed by atoms with Gasteiger partial charge in [0.1, 0.15) is 5.82 Å². The summed E-state index contributed by atoms with van der Waals surface area (Å²) in [5.41, 5.74) is 1.82. The summed E-state index contributed by atoms with van der Waals surface area (Å²) in [6.45, 7) is 13.1. The van der Waals surface area contributed by atoms with Gasteiger partial charge in [0.05, 0.1) is 18.2 Å². The van der Waals surface area contributed by atoms with E-state index in [4.69, 9.17) is 9.47 Å². The number of carbonyl (C=O) groups is 1. The van der Waals surface area contributed by atoms with Gasteiger partial charge < -0.3 is 9.47 Å². The maximum absolute atomic E-state index is 14.2. The number of carbonyl (C=O) groups excluding carboxylic acids is 1.